The number of piperidine rings is 1. The van der Waals surface area contributed by atoms with Gasteiger partial charge in [-0.05, 0) is 51.0 Å². The number of aromatic nitrogens is 7. The highest BCUT2D eigenvalue weighted by Gasteiger charge is 2.25. The summed E-state index contributed by atoms with van der Waals surface area (Å²) in [5, 5.41) is 9.14. The first-order valence-corrected chi connectivity index (χ1v) is 10.2. The Hall–Kier alpha value is -3.49. The second-order valence-electron chi connectivity index (χ2n) is 7.85. The molecule has 9 nitrogen and oxygen atoms in total. The Balaban J connectivity index is 1.39. The van der Waals surface area contributed by atoms with Gasteiger partial charge in [0.15, 0.2) is 11.5 Å². The van der Waals surface area contributed by atoms with Gasteiger partial charge in [-0.25, -0.2) is 19.3 Å². The van der Waals surface area contributed by atoms with Crippen molar-refractivity contribution in [1.82, 2.24) is 34.1 Å². The third kappa shape index (κ3) is 3.06. The van der Waals surface area contributed by atoms with Crippen LogP contribution < -0.4 is 10.5 Å². The molecule has 1 fully saturated rings. The minimum absolute atomic E-state index is 0.0541. The zero-order valence-corrected chi connectivity index (χ0v) is 17.4. The summed E-state index contributed by atoms with van der Waals surface area (Å²) in [4.78, 5) is 24.0. The summed E-state index contributed by atoms with van der Waals surface area (Å²) in [7, 11) is 1.99. The molecule has 0 aliphatic carbocycles. The highest BCUT2D eigenvalue weighted by atomic mass is 16.1. The molecule has 5 heterocycles. The number of pyridine rings is 1. The summed E-state index contributed by atoms with van der Waals surface area (Å²) in [6, 6.07) is 9.26. The molecule has 4 aromatic rings. The molecule has 0 N–H and O–H groups in total. The zero-order valence-electron chi connectivity index (χ0n) is 17.4. The Morgan fingerprint density at radius 3 is 2.57 bits per heavy atom. The number of hydrogen-bond donors (Lipinski definition) is 0. The normalized spacial score (nSPS) is 15.2. The Morgan fingerprint density at radius 2 is 1.87 bits per heavy atom. The number of nitrogens with zero attached hydrogens (tertiary/aromatic N) is 8. The highest BCUT2D eigenvalue weighted by Crippen LogP contribution is 2.26. The number of anilines is 1. The van der Waals surface area contributed by atoms with Crippen molar-refractivity contribution < 1.29 is 0 Å². The van der Waals surface area contributed by atoms with Crippen molar-refractivity contribution in [3.63, 3.8) is 0 Å². The van der Waals surface area contributed by atoms with Crippen LogP contribution in [0.25, 0.3) is 17.0 Å². The number of aryl methyl sites for hydroxylation is 3. The van der Waals surface area contributed by atoms with Crippen molar-refractivity contribution in [2.45, 2.75) is 32.7 Å². The average molecular weight is 404 g/mol. The Bertz CT molecular complexity index is 1280. The maximum atomic E-state index is 12.5. The quantitative estimate of drug-likeness (QED) is 0.520. The van der Waals surface area contributed by atoms with Gasteiger partial charge in [0, 0.05) is 38.1 Å². The molecule has 1 saturated heterocycles. The van der Waals surface area contributed by atoms with Gasteiger partial charge in [-0.15, -0.1) is 5.10 Å². The Labute approximate surface area is 173 Å². The van der Waals surface area contributed by atoms with E-state index in [9.17, 15) is 4.79 Å². The first-order valence-electron chi connectivity index (χ1n) is 10.2. The van der Waals surface area contributed by atoms with Gasteiger partial charge in [0.25, 0.3) is 5.56 Å². The summed E-state index contributed by atoms with van der Waals surface area (Å²) in [6.07, 6.45) is 3.43. The molecule has 4 aromatic heterocycles. The molecule has 0 bridgehead atoms. The predicted octanol–water partition coefficient (Wildman–Crippen LogP) is 2.17. The van der Waals surface area contributed by atoms with Crippen LogP contribution >= 0.6 is 0 Å². The van der Waals surface area contributed by atoms with Gasteiger partial charge in [-0.2, -0.15) is 5.10 Å². The van der Waals surface area contributed by atoms with Crippen LogP contribution in [0, 0.1) is 13.8 Å². The molecule has 5 rings (SSSR count). The molecule has 1 aliphatic heterocycles. The van der Waals surface area contributed by atoms with Gasteiger partial charge in [-0.3, -0.25) is 9.36 Å². The molecule has 0 radical (unpaired) electrons. The van der Waals surface area contributed by atoms with Crippen LogP contribution in [-0.2, 0) is 7.05 Å². The fourth-order valence-corrected chi connectivity index (χ4v) is 4.26. The van der Waals surface area contributed by atoms with E-state index in [0.29, 0.717) is 5.82 Å². The molecule has 0 saturated carbocycles. The van der Waals surface area contributed by atoms with Gasteiger partial charge in [0.05, 0.1) is 11.7 Å². The number of hydrogen-bond acceptors (Lipinski definition) is 6. The van der Waals surface area contributed by atoms with Crippen molar-refractivity contribution >= 4 is 17.1 Å². The largest absolute Gasteiger partial charge is 0.342 e. The van der Waals surface area contributed by atoms with E-state index in [1.165, 1.54) is 0 Å². The van der Waals surface area contributed by atoms with Gasteiger partial charge in [0.2, 0.25) is 5.95 Å². The monoisotopic (exact) mass is 404 g/mol. The summed E-state index contributed by atoms with van der Waals surface area (Å²) in [5.41, 5.74) is 3.62. The van der Waals surface area contributed by atoms with E-state index in [1.807, 2.05) is 43.7 Å². The van der Waals surface area contributed by atoms with Crippen molar-refractivity contribution in [2.75, 3.05) is 18.0 Å². The predicted molar refractivity (Wildman–Crippen MR) is 114 cm³/mol. The number of rotatable bonds is 3. The van der Waals surface area contributed by atoms with Gasteiger partial charge >= 0.3 is 0 Å². The maximum absolute atomic E-state index is 12.5. The van der Waals surface area contributed by atoms with E-state index in [-0.39, 0.29) is 11.6 Å². The third-order valence-electron chi connectivity index (χ3n) is 5.74. The van der Waals surface area contributed by atoms with Crippen molar-refractivity contribution in [2.24, 2.45) is 7.05 Å². The summed E-state index contributed by atoms with van der Waals surface area (Å²) < 4.78 is 5.44. The lowest BCUT2D eigenvalue weighted by molar-refractivity contribution is 0.349. The number of fused-ring (bicyclic) bond motifs is 1. The molecule has 154 valence electrons. The molecule has 0 unspecified atom stereocenters. The van der Waals surface area contributed by atoms with E-state index in [1.54, 1.807) is 27.7 Å². The van der Waals surface area contributed by atoms with Crippen molar-refractivity contribution in [3.8, 4) is 5.82 Å². The minimum Gasteiger partial charge on any atom is -0.342 e. The van der Waals surface area contributed by atoms with Crippen LogP contribution in [0.15, 0.2) is 41.3 Å². The van der Waals surface area contributed by atoms with Crippen LogP contribution in [0.4, 0.5) is 5.95 Å². The van der Waals surface area contributed by atoms with Crippen molar-refractivity contribution in [1.29, 1.82) is 0 Å². The lowest BCUT2D eigenvalue weighted by Crippen LogP contribution is -2.39. The fourth-order valence-electron chi connectivity index (χ4n) is 4.26. The second-order valence-corrected chi connectivity index (χ2v) is 7.85. The SMILES string of the molecule is Cc1cc(C)n(-c2ccc(=O)n(C3CCN(c4nc5cccnc5n4C)CC3)n2)n1. The van der Waals surface area contributed by atoms with Gasteiger partial charge < -0.3 is 4.90 Å². The summed E-state index contributed by atoms with van der Waals surface area (Å²) >= 11 is 0. The fraction of sp³-hybridized carbons (Fsp3) is 0.381. The smallest absolute Gasteiger partial charge is 0.267 e. The van der Waals surface area contributed by atoms with E-state index < -0.39 is 0 Å². The molecule has 9 heteroatoms. The molecule has 0 atom stereocenters. The zero-order chi connectivity index (χ0) is 20.8. The van der Waals surface area contributed by atoms with E-state index in [4.69, 9.17) is 4.98 Å². The molecule has 1 aliphatic rings. The molecular weight excluding hydrogens is 380 g/mol. The topological polar surface area (TPSA) is 86.7 Å². The number of imidazole rings is 1. The lowest BCUT2D eigenvalue weighted by Gasteiger charge is -2.32. The summed E-state index contributed by atoms with van der Waals surface area (Å²) in [5.74, 6) is 1.59. The first kappa shape index (κ1) is 18.5. The maximum Gasteiger partial charge on any atom is 0.267 e. The van der Waals surface area contributed by atoms with E-state index in [2.05, 4.69) is 20.1 Å². The van der Waals surface area contributed by atoms with Gasteiger partial charge in [0.1, 0.15) is 5.52 Å². The molecule has 0 aromatic carbocycles. The van der Waals surface area contributed by atoms with E-state index in [0.717, 1.165) is 54.4 Å². The van der Waals surface area contributed by atoms with Crippen LogP contribution in [0.1, 0.15) is 30.3 Å². The van der Waals surface area contributed by atoms with Crippen molar-refractivity contribution in [3.05, 3.63) is 58.3 Å². The van der Waals surface area contributed by atoms with Gasteiger partial charge in [-0.1, -0.05) is 0 Å². The average Bonchev–Trinajstić information content (AvgIpc) is 3.27. The Kier molecular flexibility index (Phi) is 4.38. The molecular formula is C21H24N8O. The van der Waals surface area contributed by atoms with Crippen LogP contribution in [-0.4, -0.2) is 47.2 Å². The van der Waals surface area contributed by atoms with Crippen LogP contribution in [0.2, 0.25) is 0 Å². The van der Waals surface area contributed by atoms with Crippen LogP contribution in [0.3, 0.4) is 0 Å². The molecule has 30 heavy (non-hydrogen) atoms. The molecule has 0 amide bonds. The lowest BCUT2D eigenvalue weighted by atomic mass is 10.1. The minimum atomic E-state index is -0.0781. The van der Waals surface area contributed by atoms with Crippen LogP contribution in [0.5, 0.6) is 0 Å². The Morgan fingerprint density at radius 1 is 1.07 bits per heavy atom. The third-order valence-corrected chi connectivity index (χ3v) is 5.74. The second kappa shape index (κ2) is 7.08. The van der Waals surface area contributed by atoms with E-state index >= 15 is 0 Å². The standard InChI is InChI=1S/C21H24N8O/c1-14-13-15(2)28(24-14)18-6-7-19(30)29(25-18)16-8-11-27(12-9-16)21-23-17-5-4-10-22-20(17)26(21)3/h4-7,10,13,16H,8-9,11-12H2,1-3H3. The molecule has 0 spiro atoms. The highest BCUT2D eigenvalue weighted by molar-refractivity contribution is 5.74. The first-order chi connectivity index (χ1) is 14.5. The summed E-state index contributed by atoms with van der Waals surface area (Å²) in [6.45, 7) is 5.55.